The number of pyridine rings is 1. The maximum absolute atomic E-state index is 15.2. The van der Waals surface area contributed by atoms with E-state index in [0.717, 1.165) is 31.7 Å². The van der Waals surface area contributed by atoms with Crippen LogP contribution in [0.3, 0.4) is 0 Å². The number of rotatable bonds is 5. The molecule has 2 aromatic heterocycles. The Labute approximate surface area is 205 Å². The van der Waals surface area contributed by atoms with Crippen LogP contribution >= 0.6 is 0 Å². The van der Waals surface area contributed by atoms with E-state index < -0.39 is 18.5 Å². The van der Waals surface area contributed by atoms with Crippen molar-refractivity contribution in [1.82, 2.24) is 14.5 Å². The van der Waals surface area contributed by atoms with E-state index in [9.17, 15) is 8.78 Å². The molecular formula is C27H25F3N4O2. The van der Waals surface area contributed by atoms with E-state index in [1.54, 1.807) is 30.5 Å². The second-order valence-electron chi connectivity index (χ2n) is 9.29. The third-order valence-corrected chi connectivity index (χ3v) is 7.16. The summed E-state index contributed by atoms with van der Waals surface area (Å²) in [7, 11) is 0. The molecule has 0 amide bonds. The van der Waals surface area contributed by atoms with Crippen LogP contribution in [0.15, 0.2) is 54.7 Å². The fourth-order valence-corrected chi connectivity index (χ4v) is 5.42. The minimum Gasteiger partial charge on any atom is -0.434 e. The molecule has 2 aliphatic heterocycles. The van der Waals surface area contributed by atoms with E-state index in [0.29, 0.717) is 45.9 Å². The average molecular weight is 495 g/mol. The Morgan fingerprint density at radius 3 is 2.64 bits per heavy atom. The monoisotopic (exact) mass is 494 g/mol. The van der Waals surface area contributed by atoms with Crippen molar-refractivity contribution in [3.63, 3.8) is 0 Å². The molecule has 2 atom stereocenters. The zero-order valence-corrected chi connectivity index (χ0v) is 19.4. The molecule has 2 aromatic carbocycles. The summed E-state index contributed by atoms with van der Waals surface area (Å²) >= 11 is 0. The molecule has 9 heteroatoms. The van der Waals surface area contributed by atoms with Gasteiger partial charge >= 0.3 is 6.61 Å². The summed E-state index contributed by atoms with van der Waals surface area (Å²) in [6.45, 7) is -1.50. The van der Waals surface area contributed by atoms with Gasteiger partial charge in [0.15, 0.2) is 0 Å². The molecule has 2 N–H and O–H groups in total. The topological polar surface area (TPSA) is 75.2 Å². The van der Waals surface area contributed by atoms with Gasteiger partial charge in [-0.05, 0) is 37.5 Å². The number of nitrogens with two attached hydrogens (primary N) is 1. The van der Waals surface area contributed by atoms with E-state index in [1.807, 2.05) is 16.7 Å². The number of ether oxygens (including phenoxy) is 2. The molecule has 4 heterocycles. The Morgan fingerprint density at radius 1 is 1.08 bits per heavy atom. The van der Waals surface area contributed by atoms with Gasteiger partial charge in [-0.2, -0.15) is 8.78 Å². The summed E-state index contributed by atoms with van der Waals surface area (Å²) in [5.74, 6) is 0.614. The maximum atomic E-state index is 15.2. The van der Waals surface area contributed by atoms with Gasteiger partial charge in [-0.15, -0.1) is 0 Å². The van der Waals surface area contributed by atoms with Gasteiger partial charge in [-0.1, -0.05) is 24.3 Å². The van der Waals surface area contributed by atoms with Crippen LogP contribution in [-0.2, 0) is 4.74 Å². The molecule has 36 heavy (non-hydrogen) atoms. The number of fused-ring (bicyclic) bond motifs is 3. The van der Waals surface area contributed by atoms with Gasteiger partial charge in [-0.3, -0.25) is 4.98 Å². The first-order valence-electron chi connectivity index (χ1n) is 12.0. The maximum Gasteiger partial charge on any atom is 0.387 e. The van der Waals surface area contributed by atoms with Crippen molar-refractivity contribution in [1.29, 1.82) is 0 Å². The number of benzene rings is 2. The zero-order valence-electron chi connectivity index (χ0n) is 19.4. The van der Waals surface area contributed by atoms with Crippen LogP contribution in [-0.4, -0.2) is 34.4 Å². The average Bonchev–Trinajstić information content (AvgIpc) is 3.41. The first-order valence-corrected chi connectivity index (χ1v) is 12.0. The lowest BCUT2D eigenvalue weighted by Gasteiger charge is -2.21. The van der Waals surface area contributed by atoms with Crippen molar-refractivity contribution in [3.05, 3.63) is 77.6 Å². The second-order valence-corrected chi connectivity index (χ2v) is 9.29. The minimum atomic E-state index is -2.95. The first-order chi connectivity index (χ1) is 17.5. The number of halogens is 3. The number of aromatic nitrogens is 3. The highest BCUT2D eigenvalue weighted by molar-refractivity contribution is 5.83. The second kappa shape index (κ2) is 9.22. The van der Waals surface area contributed by atoms with Crippen LogP contribution in [0.4, 0.5) is 13.2 Å². The molecule has 0 saturated carbocycles. The quantitative estimate of drug-likeness (QED) is 0.384. The number of para-hydroxylation sites is 1. The van der Waals surface area contributed by atoms with E-state index in [2.05, 4.69) is 9.97 Å². The van der Waals surface area contributed by atoms with Crippen molar-refractivity contribution < 1.29 is 22.6 Å². The molecule has 0 spiro atoms. The lowest BCUT2D eigenvalue weighted by atomic mass is 9.95. The number of nitrogens with zero attached hydrogens (tertiary/aromatic N) is 3. The van der Waals surface area contributed by atoms with Gasteiger partial charge in [0.1, 0.15) is 17.4 Å². The van der Waals surface area contributed by atoms with Gasteiger partial charge in [0.2, 0.25) is 0 Å². The van der Waals surface area contributed by atoms with Gasteiger partial charge in [0, 0.05) is 53.8 Å². The van der Waals surface area contributed by atoms with E-state index >= 15 is 4.39 Å². The molecule has 0 radical (unpaired) electrons. The number of hydrogen-bond acceptors (Lipinski definition) is 5. The zero-order chi connectivity index (χ0) is 24.8. The molecule has 0 unspecified atom stereocenters. The van der Waals surface area contributed by atoms with Crippen LogP contribution in [0.25, 0.3) is 22.2 Å². The smallest absolute Gasteiger partial charge is 0.387 e. The Balaban J connectivity index is 1.41. The molecule has 0 aliphatic carbocycles. The lowest BCUT2D eigenvalue weighted by molar-refractivity contribution is -0.0506. The molecule has 1 fully saturated rings. The number of hydrogen-bond donors (Lipinski definition) is 1. The van der Waals surface area contributed by atoms with Crippen molar-refractivity contribution in [2.24, 2.45) is 5.73 Å². The van der Waals surface area contributed by atoms with Crippen LogP contribution in [0, 0.1) is 5.82 Å². The van der Waals surface area contributed by atoms with Crippen molar-refractivity contribution >= 4 is 11.0 Å². The van der Waals surface area contributed by atoms with Gasteiger partial charge in [0.05, 0.1) is 23.1 Å². The van der Waals surface area contributed by atoms with Gasteiger partial charge in [0.25, 0.3) is 0 Å². The molecule has 0 bridgehead atoms. The molecular weight excluding hydrogens is 469 g/mol. The Bertz CT molecular complexity index is 1400. The number of imidazole rings is 1. The Hall–Kier alpha value is -3.43. The molecule has 186 valence electrons. The fourth-order valence-electron chi connectivity index (χ4n) is 5.42. The van der Waals surface area contributed by atoms with Crippen LogP contribution in [0.1, 0.15) is 54.3 Å². The van der Waals surface area contributed by atoms with Gasteiger partial charge < -0.3 is 19.8 Å². The minimum absolute atomic E-state index is 0.0923. The molecule has 4 aromatic rings. The highest BCUT2D eigenvalue weighted by atomic mass is 19.3. The highest BCUT2D eigenvalue weighted by Crippen LogP contribution is 2.44. The van der Waals surface area contributed by atoms with E-state index in [-0.39, 0.29) is 11.8 Å². The summed E-state index contributed by atoms with van der Waals surface area (Å²) in [6.07, 6.45) is 4.02. The molecule has 1 saturated heterocycles. The summed E-state index contributed by atoms with van der Waals surface area (Å²) in [5, 5.41) is 0. The van der Waals surface area contributed by atoms with Crippen LogP contribution < -0.4 is 10.5 Å². The SMILES string of the molecule is N[C@@H]1C[C@H](c2ccccc2OC(F)F)n2c1nc1cc(F)c(-c3ccc(C4CCOCC4)nc3)cc12. The molecule has 6 rings (SSSR count). The first kappa shape index (κ1) is 23.0. The summed E-state index contributed by atoms with van der Waals surface area (Å²) in [5.41, 5.74) is 10.1. The molecule has 6 nitrogen and oxygen atoms in total. The Morgan fingerprint density at radius 2 is 1.89 bits per heavy atom. The third-order valence-electron chi connectivity index (χ3n) is 7.16. The van der Waals surface area contributed by atoms with Gasteiger partial charge in [-0.25, -0.2) is 9.37 Å². The van der Waals surface area contributed by atoms with Crippen molar-refractivity contribution in [2.45, 2.75) is 43.9 Å². The summed E-state index contributed by atoms with van der Waals surface area (Å²) < 4.78 is 53.5. The van der Waals surface area contributed by atoms with Crippen LogP contribution in [0.2, 0.25) is 0 Å². The molecule has 2 aliphatic rings. The number of alkyl halides is 2. The largest absolute Gasteiger partial charge is 0.434 e. The van der Waals surface area contributed by atoms with Crippen molar-refractivity contribution in [2.75, 3.05) is 13.2 Å². The van der Waals surface area contributed by atoms with E-state index in [1.165, 1.54) is 12.1 Å². The van der Waals surface area contributed by atoms with Crippen molar-refractivity contribution in [3.8, 4) is 16.9 Å². The summed E-state index contributed by atoms with van der Waals surface area (Å²) in [4.78, 5) is 9.21. The summed E-state index contributed by atoms with van der Waals surface area (Å²) in [6, 6.07) is 12.9. The predicted molar refractivity (Wildman–Crippen MR) is 128 cm³/mol. The third kappa shape index (κ3) is 4.02. The fraction of sp³-hybridized carbons (Fsp3) is 0.333. The Kier molecular flexibility index (Phi) is 5.89. The normalized spacial score (nSPS) is 20.2. The van der Waals surface area contributed by atoms with Crippen LogP contribution in [0.5, 0.6) is 5.75 Å². The highest BCUT2D eigenvalue weighted by Gasteiger charge is 2.35. The lowest BCUT2D eigenvalue weighted by Crippen LogP contribution is -2.14. The predicted octanol–water partition coefficient (Wildman–Crippen LogP) is 5.73. The van der Waals surface area contributed by atoms with E-state index in [4.69, 9.17) is 15.2 Å². The standard InChI is InChI=1S/C27H25F3N4O2/c28-19-12-22-24(11-18(19)16-5-6-21(32-14-16)15-7-9-35-10-8-15)34-23(13-20(31)26(34)33-22)17-3-1-2-4-25(17)36-27(29)30/h1-6,11-12,14-15,20,23,27H,7-10,13,31H2/t20-,23-/m1/s1.